The quantitative estimate of drug-likeness (QED) is 0.697. The van der Waals surface area contributed by atoms with E-state index in [1.165, 1.54) is 43.1 Å². The lowest BCUT2D eigenvalue weighted by Gasteiger charge is -2.17. The number of likely N-dealkylation sites (N-methyl/N-ethyl adjacent to an activating group) is 1. The van der Waals surface area contributed by atoms with Crippen molar-refractivity contribution in [2.45, 2.75) is 31.7 Å². The second-order valence-corrected chi connectivity index (χ2v) is 9.14. The number of Topliss-reactive ketones (excluding diaryl/α,β-unsaturated/α-hetero) is 1. The highest BCUT2D eigenvalue weighted by atomic mass is 32.2. The molecule has 8 heteroatoms. The molecular weight excluding hydrogens is 372 g/mol. The van der Waals surface area contributed by atoms with Crippen molar-refractivity contribution in [2.24, 2.45) is 0 Å². The smallest absolute Gasteiger partial charge is 0.243 e. The highest BCUT2D eigenvalue weighted by molar-refractivity contribution is 7.89. The Hall–Kier alpha value is -2.03. The molecule has 0 bridgehead atoms. The molecule has 2 rings (SSSR count). The summed E-state index contributed by atoms with van der Waals surface area (Å²) in [5, 5.41) is 2.74. The zero-order chi connectivity index (χ0) is 19.3. The number of carbonyl (C=O) groups is 2. The number of amides is 1. The maximum atomic E-state index is 12.5. The molecule has 0 aliphatic heterocycles. The Morgan fingerprint density at radius 1 is 1.08 bits per heavy atom. The number of carbonyl (C=O) groups excluding carboxylic acids is 2. The average Bonchev–Trinajstić information content (AvgIpc) is 3.08. The predicted octanol–water partition coefficient (Wildman–Crippen LogP) is 2.45. The molecule has 0 spiro atoms. The maximum Gasteiger partial charge on any atom is 0.243 e. The van der Waals surface area contributed by atoms with Crippen molar-refractivity contribution < 1.29 is 18.0 Å². The van der Waals surface area contributed by atoms with E-state index in [9.17, 15) is 18.0 Å². The zero-order valence-corrected chi connectivity index (χ0v) is 16.6. The molecule has 0 saturated carbocycles. The molecule has 1 amide bonds. The van der Waals surface area contributed by atoms with Gasteiger partial charge in [-0.25, -0.2) is 8.42 Å². The molecular formula is C18H22N2O4S2. The van der Waals surface area contributed by atoms with Crippen molar-refractivity contribution in [3.8, 4) is 0 Å². The molecule has 0 saturated heterocycles. The minimum absolute atomic E-state index is 0.0450. The van der Waals surface area contributed by atoms with Crippen LogP contribution in [-0.4, -0.2) is 38.0 Å². The fourth-order valence-corrected chi connectivity index (χ4v) is 4.30. The van der Waals surface area contributed by atoms with Gasteiger partial charge in [0.05, 0.1) is 18.0 Å². The monoisotopic (exact) mass is 394 g/mol. The lowest BCUT2D eigenvalue weighted by Crippen LogP contribution is -2.38. The first-order chi connectivity index (χ1) is 12.2. The molecule has 1 aromatic carbocycles. The molecule has 26 heavy (non-hydrogen) atoms. The second-order valence-electron chi connectivity index (χ2n) is 5.84. The zero-order valence-electron chi connectivity index (χ0n) is 15.0. The molecule has 1 heterocycles. The van der Waals surface area contributed by atoms with Crippen LogP contribution in [-0.2, 0) is 27.8 Å². The van der Waals surface area contributed by atoms with Gasteiger partial charge >= 0.3 is 0 Å². The Morgan fingerprint density at radius 3 is 2.23 bits per heavy atom. The summed E-state index contributed by atoms with van der Waals surface area (Å²) in [7, 11) is -2.44. The van der Waals surface area contributed by atoms with Crippen LogP contribution in [0.4, 0.5) is 0 Å². The molecule has 0 atom stereocenters. The van der Waals surface area contributed by atoms with E-state index >= 15 is 0 Å². The molecule has 6 nitrogen and oxygen atoms in total. The van der Waals surface area contributed by atoms with E-state index in [1.54, 1.807) is 11.3 Å². The summed E-state index contributed by atoms with van der Waals surface area (Å²) in [5.74, 6) is -0.510. The fraction of sp³-hybridized carbons (Fsp3) is 0.333. The minimum Gasteiger partial charge on any atom is -0.350 e. The third-order valence-electron chi connectivity index (χ3n) is 3.86. The van der Waals surface area contributed by atoms with Gasteiger partial charge in [0.15, 0.2) is 5.78 Å². The van der Waals surface area contributed by atoms with Crippen LogP contribution in [0.3, 0.4) is 0 Å². The van der Waals surface area contributed by atoms with Crippen molar-refractivity contribution in [3.63, 3.8) is 0 Å². The Bertz CT molecular complexity index is 886. The molecule has 140 valence electrons. The van der Waals surface area contributed by atoms with Gasteiger partial charge in [0.1, 0.15) is 0 Å². The SMILES string of the molecule is CCc1ccc(CNC(=O)CN(C)S(=O)(=O)c2ccc(C(C)=O)cc2)s1. The number of hydrogen-bond acceptors (Lipinski definition) is 5. The lowest BCUT2D eigenvalue weighted by molar-refractivity contribution is -0.121. The third kappa shape index (κ3) is 5.00. The van der Waals surface area contributed by atoms with Gasteiger partial charge in [0.2, 0.25) is 15.9 Å². The van der Waals surface area contributed by atoms with E-state index in [-0.39, 0.29) is 23.1 Å². The Labute approximate surface area is 157 Å². The summed E-state index contributed by atoms with van der Waals surface area (Å²) in [6.07, 6.45) is 0.946. The first-order valence-electron chi connectivity index (χ1n) is 8.15. The number of nitrogens with one attached hydrogen (secondary N) is 1. The van der Waals surface area contributed by atoms with Gasteiger partial charge in [-0.2, -0.15) is 4.31 Å². The molecule has 0 unspecified atom stereocenters. The van der Waals surface area contributed by atoms with Crippen LogP contribution in [0.25, 0.3) is 0 Å². The number of benzene rings is 1. The van der Waals surface area contributed by atoms with Gasteiger partial charge in [-0.05, 0) is 37.6 Å². The van der Waals surface area contributed by atoms with Crippen molar-refractivity contribution in [1.82, 2.24) is 9.62 Å². The van der Waals surface area contributed by atoms with Gasteiger partial charge in [0.25, 0.3) is 0 Å². The van der Waals surface area contributed by atoms with Crippen molar-refractivity contribution in [3.05, 3.63) is 51.7 Å². The number of thiophene rings is 1. The van der Waals surface area contributed by atoms with Gasteiger partial charge in [0, 0.05) is 22.4 Å². The molecule has 1 aromatic heterocycles. The molecule has 0 fully saturated rings. The van der Waals surface area contributed by atoms with Crippen LogP contribution in [0.2, 0.25) is 0 Å². The first-order valence-corrected chi connectivity index (χ1v) is 10.4. The molecule has 0 aliphatic rings. The molecule has 0 radical (unpaired) electrons. The van der Waals surface area contributed by atoms with Crippen LogP contribution in [0.1, 0.15) is 34.0 Å². The molecule has 1 N–H and O–H groups in total. The Balaban J connectivity index is 1.96. The number of sulfonamides is 1. The fourth-order valence-electron chi connectivity index (χ4n) is 2.28. The number of rotatable bonds is 8. The van der Waals surface area contributed by atoms with E-state index in [4.69, 9.17) is 0 Å². The third-order valence-corrected chi connectivity index (χ3v) is 6.91. The lowest BCUT2D eigenvalue weighted by atomic mass is 10.2. The van der Waals surface area contributed by atoms with Crippen LogP contribution in [0.5, 0.6) is 0 Å². The van der Waals surface area contributed by atoms with Crippen LogP contribution in [0, 0.1) is 0 Å². The average molecular weight is 395 g/mol. The van der Waals surface area contributed by atoms with Gasteiger partial charge in [-0.1, -0.05) is 19.1 Å². The Kier molecular flexibility index (Phi) is 6.69. The van der Waals surface area contributed by atoms with Gasteiger partial charge in [-0.15, -0.1) is 11.3 Å². The summed E-state index contributed by atoms with van der Waals surface area (Å²) >= 11 is 1.63. The van der Waals surface area contributed by atoms with Crippen LogP contribution < -0.4 is 5.32 Å². The highest BCUT2D eigenvalue weighted by Gasteiger charge is 2.23. The largest absolute Gasteiger partial charge is 0.350 e. The van der Waals surface area contributed by atoms with Crippen molar-refractivity contribution in [1.29, 1.82) is 0 Å². The maximum absolute atomic E-state index is 12.5. The van der Waals surface area contributed by atoms with E-state index in [1.807, 2.05) is 12.1 Å². The van der Waals surface area contributed by atoms with Crippen molar-refractivity contribution >= 4 is 33.1 Å². The van der Waals surface area contributed by atoms with Crippen LogP contribution in [0.15, 0.2) is 41.3 Å². The number of aryl methyl sites for hydroxylation is 1. The van der Waals surface area contributed by atoms with Gasteiger partial charge in [-0.3, -0.25) is 9.59 Å². The second kappa shape index (κ2) is 8.57. The van der Waals surface area contributed by atoms with E-state index in [2.05, 4.69) is 12.2 Å². The van der Waals surface area contributed by atoms with Gasteiger partial charge < -0.3 is 5.32 Å². The number of ketones is 1. The normalized spacial score (nSPS) is 11.5. The topological polar surface area (TPSA) is 83.6 Å². The summed E-state index contributed by atoms with van der Waals surface area (Å²) in [6, 6.07) is 9.65. The van der Waals surface area contributed by atoms with E-state index in [0.717, 1.165) is 15.6 Å². The summed E-state index contributed by atoms with van der Waals surface area (Å²) in [5.41, 5.74) is 0.437. The minimum atomic E-state index is -3.80. The summed E-state index contributed by atoms with van der Waals surface area (Å²) in [4.78, 5) is 25.7. The number of nitrogens with zero attached hydrogens (tertiary/aromatic N) is 1. The first kappa shape index (κ1) is 20.3. The highest BCUT2D eigenvalue weighted by Crippen LogP contribution is 2.17. The van der Waals surface area contributed by atoms with E-state index in [0.29, 0.717) is 12.1 Å². The molecule has 0 aliphatic carbocycles. The van der Waals surface area contributed by atoms with Crippen LogP contribution >= 0.6 is 11.3 Å². The Morgan fingerprint density at radius 2 is 1.69 bits per heavy atom. The summed E-state index contributed by atoms with van der Waals surface area (Å²) in [6.45, 7) is 3.58. The predicted molar refractivity (Wildman–Crippen MR) is 102 cm³/mol. The number of hydrogen-bond donors (Lipinski definition) is 1. The van der Waals surface area contributed by atoms with E-state index < -0.39 is 10.0 Å². The standard InChI is InChI=1S/C18H22N2O4S2/c1-4-15-7-8-16(25-15)11-19-18(22)12-20(3)26(23,24)17-9-5-14(6-10-17)13(2)21/h5-10H,4,11-12H2,1-3H3,(H,19,22). The molecule has 2 aromatic rings. The summed E-state index contributed by atoms with van der Waals surface area (Å²) < 4.78 is 26.1. The van der Waals surface area contributed by atoms with Crippen molar-refractivity contribution in [2.75, 3.05) is 13.6 Å².